The second kappa shape index (κ2) is 5.71. The molecule has 1 saturated carbocycles. The second-order valence-corrected chi connectivity index (χ2v) is 4.54. The van der Waals surface area contributed by atoms with Crippen LogP contribution in [0.1, 0.15) is 18.4 Å². The van der Waals surface area contributed by atoms with Crippen molar-refractivity contribution in [1.82, 2.24) is 10.6 Å². The molecule has 0 aliphatic heterocycles. The minimum absolute atomic E-state index is 0.324. The highest BCUT2D eigenvalue weighted by Crippen LogP contribution is 2.27. The number of benzene rings is 1. The number of halogens is 1. The smallest absolute Gasteiger partial charge is 0.191 e. The second-order valence-electron chi connectivity index (χ2n) is 4.54. The van der Waals surface area contributed by atoms with Crippen LogP contribution in [0.2, 0.25) is 0 Å². The number of phenolic OH excluding ortho intramolecular Hbond substituents is 1. The Labute approximate surface area is 106 Å². The molecular weight excluding hydrogens is 233 g/mol. The first-order valence-corrected chi connectivity index (χ1v) is 6.11. The molecule has 1 aromatic carbocycles. The summed E-state index contributed by atoms with van der Waals surface area (Å²) in [6, 6.07) is 4.35. The average molecular weight is 251 g/mol. The van der Waals surface area contributed by atoms with Gasteiger partial charge in [0.1, 0.15) is 0 Å². The summed E-state index contributed by atoms with van der Waals surface area (Å²) >= 11 is 0. The molecule has 0 heterocycles. The number of guanidine groups is 1. The highest BCUT2D eigenvalue weighted by molar-refractivity contribution is 5.79. The normalized spacial score (nSPS) is 15.6. The van der Waals surface area contributed by atoms with Crippen LogP contribution >= 0.6 is 0 Å². The largest absolute Gasteiger partial charge is 0.505 e. The van der Waals surface area contributed by atoms with Crippen molar-refractivity contribution in [2.24, 2.45) is 10.9 Å². The van der Waals surface area contributed by atoms with Crippen LogP contribution in [-0.4, -0.2) is 24.7 Å². The monoisotopic (exact) mass is 251 g/mol. The molecule has 98 valence electrons. The van der Waals surface area contributed by atoms with Crippen molar-refractivity contribution in [3.8, 4) is 5.75 Å². The van der Waals surface area contributed by atoms with Gasteiger partial charge in [-0.2, -0.15) is 0 Å². The first-order chi connectivity index (χ1) is 8.69. The van der Waals surface area contributed by atoms with E-state index in [1.165, 1.54) is 25.0 Å². The molecule has 0 radical (unpaired) electrons. The van der Waals surface area contributed by atoms with Gasteiger partial charge in [-0.05, 0) is 36.5 Å². The van der Waals surface area contributed by atoms with Crippen LogP contribution < -0.4 is 10.6 Å². The lowest BCUT2D eigenvalue weighted by molar-refractivity contribution is 0.431. The molecule has 2 rings (SSSR count). The molecule has 3 N–H and O–H groups in total. The van der Waals surface area contributed by atoms with Gasteiger partial charge in [-0.3, -0.25) is 4.99 Å². The summed E-state index contributed by atoms with van der Waals surface area (Å²) in [7, 11) is 1.71. The molecule has 1 aliphatic rings. The Morgan fingerprint density at radius 3 is 2.83 bits per heavy atom. The summed E-state index contributed by atoms with van der Waals surface area (Å²) in [5.74, 6) is 0.565. The Balaban J connectivity index is 1.82. The van der Waals surface area contributed by atoms with Crippen molar-refractivity contribution in [2.75, 3.05) is 13.6 Å². The first kappa shape index (κ1) is 12.7. The van der Waals surface area contributed by atoms with Crippen LogP contribution in [-0.2, 0) is 6.54 Å². The van der Waals surface area contributed by atoms with Crippen molar-refractivity contribution in [3.05, 3.63) is 29.6 Å². The van der Waals surface area contributed by atoms with Gasteiger partial charge < -0.3 is 15.7 Å². The van der Waals surface area contributed by atoms with Gasteiger partial charge in [0, 0.05) is 20.1 Å². The Hall–Kier alpha value is -1.78. The van der Waals surface area contributed by atoms with Gasteiger partial charge in [-0.25, -0.2) is 4.39 Å². The Bertz CT molecular complexity index is 444. The summed E-state index contributed by atoms with van der Waals surface area (Å²) in [6.45, 7) is 1.41. The fraction of sp³-hybridized carbons (Fsp3) is 0.462. The summed E-state index contributed by atoms with van der Waals surface area (Å²) in [6.07, 6.45) is 2.57. The van der Waals surface area contributed by atoms with Crippen LogP contribution in [0.3, 0.4) is 0 Å². The lowest BCUT2D eigenvalue weighted by Gasteiger charge is -2.11. The van der Waals surface area contributed by atoms with Crippen LogP contribution in [0.25, 0.3) is 0 Å². The van der Waals surface area contributed by atoms with Crippen molar-refractivity contribution in [2.45, 2.75) is 19.4 Å². The van der Waals surface area contributed by atoms with Crippen molar-refractivity contribution in [1.29, 1.82) is 0 Å². The third-order valence-corrected chi connectivity index (χ3v) is 2.95. The van der Waals surface area contributed by atoms with E-state index in [4.69, 9.17) is 5.11 Å². The highest BCUT2D eigenvalue weighted by atomic mass is 19.1. The van der Waals surface area contributed by atoms with Gasteiger partial charge in [0.05, 0.1) is 0 Å². The van der Waals surface area contributed by atoms with Gasteiger partial charge in [0.25, 0.3) is 0 Å². The van der Waals surface area contributed by atoms with Crippen molar-refractivity contribution < 1.29 is 9.50 Å². The van der Waals surface area contributed by atoms with Gasteiger partial charge in [-0.15, -0.1) is 0 Å². The number of nitrogens with zero attached hydrogens (tertiary/aromatic N) is 1. The maximum Gasteiger partial charge on any atom is 0.191 e. The van der Waals surface area contributed by atoms with E-state index < -0.39 is 5.82 Å². The van der Waals surface area contributed by atoms with Crippen molar-refractivity contribution >= 4 is 5.96 Å². The molecular formula is C13H18FN3O. The number of aliphatic imine (C=N–C) groups is 1. The minimum Gasteiger partial charge on any atom is -0.505 e. The zero-order chi connectivity index (χ0) is 13.0. The highest BCUT2D eigenvalue weighted by Gasteiger charge is 2.20. The summed E-state index contributed by atoms with van der Waals surface area (Å²) in [5.41, 5.74) is 0.764. The quantitative estimate of drug-likeness (QED) is 0.563. The van der Waals surface area contributed by atoms with E-state index in [9.17, 15) is 4.39 Å². The molecule has 5 heteroatoms. The molecule has 1 fully saturated rings. The molecule has 0 bridgehead atoms. The predicted molar refractivity (Wildman–Crippen MR) is 69.0 cm³/mol. The average Bonchev–Trinajstić information content (AvgIpc) is 3.18. The van der Waals surface area contributed by atoms with Crippen LogP contribution in [0.4, 0.5) is 4.39 Å². The molecule has 0 spiro atoms. The minimum atomic E-state index is -0.602. The predicted octanol–water partition coefficient (Wildman–Crippen LogP) is 1.61. The molecule has 0 atom stereocenters. The Morgan fingerprint density at radius 1 is 1.44 bits per heavy atom. The van der Waals surface area contributed by atoms with Crippen LogP contribution in [0.15, 0.2) is 23.2 Å². The lowest BCUT2D eigenvalue weighted by atomic mass is 10.2. The number of aromatic hydroxyl groups is 1. The van der Waals surface area contributed by atoms with Gasteiger partial charge in [-0.1, -0.05) is 6.07 Å². The molecule has 0 amide bonds. The summed E-state index contributed by atoms with van der Waals surface area (Å²) < 4.78 is 13.1. The van der Waals surface area contributed by atoms with Gasteiger partial charge in [0.15, 0.2) is 17.5 Å². The maximum absolute atomic E-state index is 13.1. The fourth-order valence-electron chi connectivity index (χ4n) is 1.63. The van der Waals surface area contributed by atoms with Crippen LogP contribution in [0, 0.1) is 11.7 Å². The van der Waals surface area contributed by atoms with E-state index in [0.29, 0.717) is 6.54 Å². The van der Waals surface area contributed by atoms with Crippen molar-refractivity contribution in [3.63, 3.8) is 0 Å². The molecule has 0 aromatic heterocycles. The Morgan fingerprint density at radius 2 is 2.22 bits per heavy atom. The molecule has 18 heavy (non-hydrogen) atoms. The number of hydrogen-bond acceptors (Lipinski definition) is 2. The summed E-state index contributed by atoms with van der Waals surface area (Å²) in [5, 5.41) is 15.4. The molecule has 0 saturated heterocycles. The topological polar surface area (TPSA) is 56.7 Å². The number of nitrogens with one attached hydrogen (secondary N) is 2. The number of rotatable bonds is 4. The first-order valence-electron chi connectivity index (χ1n) is 6.11. The van der Waals surface area contributed by atoms with E-state index in [-0.39, 0.29) is 5.75 Å². The lowest BCUT2D eigenvalue weighted by Crippen LogP contribution is -2.37. The van der Waals surface area contributed by atoms with Gasteiger partial charge in [0.2, 0.25) is 0 Å². The Kier molecular flexibility index (Phi) is 4.02. The third kappa shape index (κ3) is 3.61. The van der Waals surface area contributed by atoms with E-state index in [2.05, 4.69) is 15.6 Å². The maximum atomic E-state index is 13.1. The number of phenols is 1. The standard InChI is InChI=1S/C13H18FN3O/c1-15-13(16-7-9-2-3-9)17-8-10-4-5-12(18)11(14)6-10/h4-6,9,18H,2-3,7-8H2,1H3,(H2,15,16,17). The summed E-state index contributed by atoms with van der Waals surface area (Å²) in [4.78, 5) is 4.09. The van der Waals surface area contributed by atoms with E-state index in [1.807, 2.05) is 0 Å². The SMILES string of the molecule is CN=C(NCc1ccc(O)c(F)c1)NCC1CC1. The molecule has 1 aromatic rings. The van der Waals surface area contributed by atoms with E-state index >= 15 is 0 Å². The van der Waals surface area contributed by atoms with E-state index in [1.54, 1.807) is 13.1 Å². The third-order valence-electron chi connectivity index (χ3n) is 2.95. The number of hydrogen-bond donors (Lipinski definition) is 3. The zero-order valence-corrected chi connectivity index (χ0v) is 10.4. The molecule has 0 unspecified atom stereocenters. The van der Waals surface area contributed by atoms with E-state index in [0.717, 1.165) is 24.0 Å². The van der Waals surface area contributed by atoms with Crippen LogP contribution in [0.5, 0.6) is 5.75 Å². The molecule has 1 aliphatic carbocycles. The fourth-order valence-corrected chi connectivity index (χ4v) is 1.63. The molecule has 4 nitrogen and oxygen atoms in total. The zero-order valence-electron chi connectivity index (χ0n) is 10.4. The van der Waals surface area contributed by atoms with Gasteiger partial charge >= 0.3 is 0 Å².